The summed E-state index contributed by atoms with van der Waals surface area (Å²) in [6, 6.07) is 12.6. The Morgan fingerprint density at radius 1 is 1.08 bits per heavy atom. The molecule has 0 unspecified atom stereocenters. The van der Waals surface area contributed by atoms with Crippen LogP contribution in [-0.2, 0) is 13.6 Å². The third-order valence-corrected chi connectivity index (χ3v) is 4.14. The molecule has 0 saturated carbocycles. The smallest absolute Gasteiger partial charge is 0.276 e. The molecule has 0 spiro atoms. The van der Waals surface area contributed by atoms with Crippen molar-refractivity contribution >= 4 is 22.5 Å². The van der Waals surface area contributed by atoms with Gasteiger partial charge in [-0.2, -0.15) is 5.10 Å². The normalized spacial score (nSPS) is 11.1. The van der Waals surface area contributed by atoms with E-state index in [1.54, 1.807) is 24.0 Å². The van der Waals surface area contributed by atoms with Crippen molar-refractivity contribution in [1.82, 2.24) is 24.5 Å². The number of aryl methyl sites for hydroxylation is 1. The molecule has 1 N–H and O–H groups in total. The van der Waals surface area contributed by atoms with Gasteiger partial charge < -0.3 is 9.88 Å². The fourth-order valence-corrected chi connectivity index (χ4v) is 2.81. The molecule has 0 atom stereocenters. The number of para-hydroxylation sites is 2. The molecule has 7 heteroatoms. The molecular weight excluding hydrogens is 318 g/mol. The summed E-state index contributed by atoms with van der Waals surface area (Å²) in [5.74, 6) is -0.327. The van der Waals surface area contributed by atoms with Crippen LogP contribution in [0.25, 0.3) is 16.6 Å². The number of nitrogens with one attached hydrogen (secondary N) is 1. The number of rotatable bonds is 3. The molecular formula is C18H15N5O2. The highest BCUT2D eigenvalue weighted by Gasteiger charge is 2.15. The molecule has 0 aliphatic heterocycles. The summed E-state index contributed by atoms with van der Waals surface area (Å²) in [6.07, 6.45) is 3.34. The van der Waals surface area contributed by atoms with Crippen molar-refractivity contribution in [2.24, 2.45) is 7.05 Å². The second-order valence-corrected chi connectivity index (χ2v) is 5.72. The van der Waals surface area contributed by atoms with Gasteiger partial charge in [-0.25, -0.2) is 4.52 Å². The van der Waals surface area contributed by atoms with Crippen LogP contribution < -0.4 is 10.9 Å². The lowest BCUT2D eigenvalue weighted by Gasteiger charge is -2.06. The Kier molecular flexibility index (Phi) is 3.53. The number of pyridine rings is 1. The zero-order valence-electron chi connectivity index (χ0n) is 13.5. The van der Waals surface area contributed by atoms with Crippen LogP contribution in [0.5, 0.6) is 0 Å². The van der Waals surface area contributed by atoms with Crippen LogP contribution in [0.4, 0.5) is 0 Å². The zero-order chi connectivity index (χ0) is 17.4. The van der Waals surface area contributed by atoms with Crippen LogP contribution in [-0.4, -0.2) is 25.1 Å². The lowest BCUT2D eigenvalue weighted by atomic mass is 10.2. The van der Waals surface area contributed by atoms with Crippen LogP contribution in [0.3, 0.4) is 0 Å². The number of benzene rings is 1. The Hall–Kier alpha value is -3.48. The summed E-state index contributed by atoms with van der Waals surface area (Å²) < 4.78 is 3.09. The molecule has 0 bridgehead atoms. The molecule has 4 rings (SSSR count). The third kappa shape index (κ3) is 2.55. The first-order valence-electron chi connectivity index (χ1n) is 7.80. The first-order chi connectivity index (χ1) is 12.1. The molecule has 25 heavy (non-hydrogen) atoms. The van der Waals surface area contributed by atoms with Gasteiger partial charge >= 0.3 is 0 Å². The van der Waals surface area contributed by atoms with Crippen LogP contribution >= 0.6 is 0 Å². The number of aromatic nitrogens is 4. The van der Waals surface area contributed by atoms with Gasteiger partial charge in [0, 0.05) is 32.1 Å². The lowest BCUT2D eigenvalue weighted by molar-refractivity contribution is 0.0945. The fourth-order valence-electron chi connectivity index (χ4n) is 2.81. The standard InChI is InChI=1S/C18H15N5O2/c1-22-14-4-2-3-5-15(14)23-16(18(22)25)10-13(21-23)17(24)20-11-12-6-8-19-9-7-12/h2-10H,11H2,1H3,(H,20,24). The van der Waals surface area contributed by atoms with E-state index in [0.29, 0.717) is 12.1 Å². The van der Waals surface area contributed by atoms with Crippen LogP contribution in [0, 0.1) is 0 Å². The van der Waals surface area contributed by atoms with Crippen molar-refractivity contribution in [2.75, 3.05) is 0 Å². The number of hydrogen-bond acceptors (Lipinski definition) is 4. The largest absolute Gasteiger partial charge is 0.347 e. The molecule has 124 valence electrons. The number of nitrogens with zero attached hydrogens (tertiary/aromatic N) is 4. The molecule has 1 amide bonds. The minimum absolute atomic E-state index is 0.195. The molecule has 7 nitrogen and oxygen atoms in total. The Morgan fingerprint density at radius 2 is 1.80 bits per heavy atom. The van der Waals surface area contributed by atoms with Crippen molar-refractivity contribution in [2.45, 2.75) is 6.54 Å². The SMILES string of the molecule is Cn1c(=O)c2cc(C(=O)NCc3ccncc3)nn2c2ccccc21. The molecule has 0 radical (unpaired) electrons. The van der Waals surface area contributed by atoms with E-state index in [1.165, 1.54) is 10.6 Å². The Balaban J connectivity index is 1.74. The summed E-state index contributed by atoms with van der Waals surface area (Å²) in [4.78, 5) is 28.9. The maximum Gasteiger partial charge on any atom is 0.276 e. The van der Waals surface area contributed by atoms with Gasteiger partial charge in [0.25, 0.3) is 11.5 Å². The summed E-state index contributed by atoms with van der Waals surface area (Å²) in [5.41, 5.74) is 2.85. The third-order valence-electron chi connectivity index (χ3n) is 4.14. The first-order valence-corrected chi connectivity index (χ1v) is 7.80. The van der Waals surface area contributed by atoms with E-state index in [9.17, 15) is 9.59 Å². The van der Waals surface area contributed by atoms with Crippen molar-refractivity contribution in [3.05, 3.63) is 76.5 Å². The molecule has 0 aliphatic carbocycles. The van der Waals surface area contributed by atoms with Gasteiger partial charge in [-0.3, -0.25) is 14.6 Å². The fraction of sp³-hybridized carbons (Fsp3) is 0.111. The van der Waals surface area contributed by atoms with Gasteiger partial charge in [0.15, 0.2) is 5.69 Å². The van der Waals surface area contributed by atoms with E-state index >= 15 is 0 Å². The van der Waals surface area contributed by atoms with E-state index < -0.39 is 0 Å². The van der Waals surface area contributed by atoms with E-state index in [1.807, 2.05) is 36.4 Å². The second kappa shape index (κ2) is 5.86. The quantitative estimate of drug-likeness (QED) is 0.616. The second-order valence-electron chi connectivity index (χ2n) is 5.72. The predicted molar refractivity (Wildman–Crippen MR) is 93.3 cm³/mol. The molecule has 1 aromatic carbocycles. The molecule has 3 heterocycles. The van der Waals surface area contributed by atoms with Crippen molar-refractivity contribution in [3.8, 4) is 0 Å². The molecule has 4 aromatic rings. The highest BCUT2D eigenvalue weighted by Crippen LogP contribution is 2.14. The Morgan fingerprint density at radius 3 is 2.56 bits per heavy atom. The summed E-state index contributed by atoms with van der Waals surface area (Å²) in [5, 5.41) is 7.14. The minimum atomic E-state index is -0.327. The Bertz CT molecular complexity index is 1140. The summed E-state index contributed by atoms with van der Waals surface area (Å²) >= 11 is 0. The van der Waals surface area contributed by atoms with E-state index in [4.69, 9.17) is 0 Å². The maximum atomic E-state index is 12.5. The van der Waals surface area contributed by atoms with Gasteiger partial charge in [0.1, 0.15) is 5.52 Å². The topological polar surface area (TPSA) is 81.3 Å². The Labute approximate surface area is 142 Å². The van der Waals surface area contributed by atoms with Crippen LogP contribution in [0.2, 0.25) is 0 Å². The van der Waals surface area contributed by atoms with Gasteiger partial charge in [-0.05, 0) is 29.8 Å². The number of fused-ring (bicyclic) bond motifs is 3. The van der Waals surface area contributed by atoms with Crippen molar-refractivity contribution in [1.29, 1.82) is 0 Å². The number of carbonyl (C=O) groups is 1. The first kappa shape index (κ1) is 15.1. The van der Waals surface area contributed by atoms with E-state index in [-0.39, 0.29) is 17.2 Å². The molecule has 0 aliphatic rings. The molecule has 0 fully saturated rings. The highest BCUT2D eigenvalue weighted by molar-refractivity contribution is 5.94. The molecule has 0 saturated heterocycles. The average molecular weight is 333 g/mol. The maximum absolute atomic E-state index is 12.5. The number of hydrogen-bond donors (Lipinski definition) is 1. The molecule has 3 aromatic heterocycles. The van der Waals surface area contributed by atoms with Gasteiger partial charge in [0.05, 0.1) is 11.0 Å². The minimum Gasteiger partial charge on any atom is -0.347 e. The highest BCUT2D eigenvalue weighted by atomic mass is 16.2. The average Bonchev–Trinajstić information content (AvgIpc) is 3.11. The lowest BCUT2D eigenvalue weighted by Crippen LogP contribution is -2.23. The monoisotopic (exact) mass is 333 g/mol. The van der Waals surface area contributed by atoms with E-state index in [0.717, 1.165) is 16.6 Å². The van der Waals surface area contributed by atoms with Gasteiger partial charge in [0.2, 0.25) is 0 Å². The van der Waals surface area contributed by atoms with Crippen molar-refractivity contribution in [3.63, 3.8) is 0 Å². The number of amides is 1. The van der Waals surface area contributed by atoms with Crippen LogP contribution in [0.15, 0.2) is 59.7 Å². The van der Waals surface area contributed by atoms with E-state index in [2.05, 4.69) is 15.4 Å². The predicted octanol–water partition coefficient (Wildman–Crippen LogP) is 1.51. The number of carbonyl (C=O) groups excluding carboxylic acids is 1. The zero-order valence-corrected chi connectivity index (χ0v) is 13.5. The van der Waals surface area contributed by atoms with Crippen molar-refractivity contribution < 1.29 is 4.79 Å². The summed E-state index contributed by atoms with van der Waals surface area (Å²) in [7, 11) is 1.71. The van der Waals surface area contributed by atoms with Gasteiger partial charge in [-0.15, -0.1) is 0 Å². The summed E-state index contributed by atoms with van der Waals surface area (Å²) in [6.45, 7) is 0.369. The van der Waals surface area contributed by atoms with Gasteiger partial charge in [-0.1, -0.05) is 12.1 Å². The van der Waals surface area contributed by atoms with Crippen LogP contribution in [0.1, 0.15) is 16.1 Å².